The predicted molar refractivity (Wildman–Crippen MR) is 150 cm³/mol. The number of rotatable bonds is 10. The van der Waals surface area contributed by atoms with Crippen LogP contribution in [0.1, 0.15) is 62.7 Å². The third-order valence-corrected chi connectivity index (χ3v) is 6.98. The Hall–Kier alpha value is -4.13. The SMILES string of the molecule is CCOC(=O)CC[C@H](NC(=O)c1cc(C)c(-c2cnc3nc(NC(=O)C(C)(C)C)[nH]c(=O)c3c2)s1)C(=O)OCC. The monoisotopic (exact) mass is 571 g/mol. The number of pyridine rings is 1. The maximum absolute atomic E-state index is 13.1. The number of aromatic amines is 1. The topological polar surface area (TPSA) is 169 Å². The van der Waals surface area contributed by atoms with E-state index in [1.165, 1.54) is 6.20 Å². The first-order valence-corrected chi connectivity index (χ1v) is 13.6. The molecule has 3 rings (SSSR count). The van der Waals surface area contributed by atoms with Gasteiger partial charge < -0.3 is 14.8 Å². The van der Waals surface area contributed by atoms with Crippen molar-refractivity contribution in [1.29, 1.82) is 0 Å². The summed E-state index contributed by atoms with van der Waals surface area (Å²) in [6.07, 6.45) is 1.51. The van der Waals surface area contributed by atoms with Gasteiger partial charge in [0.25, 0.3) is 11.5 Å². The summed E-state index contributed by atoms with van der Waals surface area (Å²) in [6.45, 7) is 10.7. The molecule has 3 aromatic heterocycles. The van der Waals surface area contributed by atoms with Crippen LogP contribution in [0.4, 0.5) is 5.95 Å². The second-order valence-electron chi connectivity index (χ2n) is 9.96. The maximum Gasteiger partial charge on any atom is 0.328 e. The van der Waals surface area contributed by atoms with Crippen LogP contribution < -0.4 is 16.2 Å². The molecule has 0 aliphatic carbocycles. The summed E-state index contributed by atoms with van der Waals surface area (Å²) in [5.74, 6) is -1.93. The quantitative estimate of drug-likeness (QED) is 0.309. The Morgan fingerprint density at radius 2 is 1.80 bits per heavy atom. The van der Waals surface area contributed by atoms with Gasteiger partial charge in [-0.2, -0.15) is 4.98 Å². The molecule has 0 aromatic carbocycles. The van der Waals surface area contributed by atoms with Gasteiger partial charge in [0.2, 0.25) is 11.9 Å². The molecule has 214 valence electrons. The van der Waals surface area contributed by atoms with Crippen LogP contribution in [0, 0.1) is 12.3 Å². The Balaban J connectivity index is 1.84. The Kier molecular flexibility index (Phi) is 9.74. The summed E-state index contributed by atoms with van der Waals surface area (Å²) in [5.41, 5.74) is 0.353. The van der Waals surface area contributed by atoms with Crippen LogP contribution in [0.25, 0.3) is 21.5 Å². The minimum Gasteiger partial charge on any atom is -0.466 e. The zero-order chi connectivity index (χ0) is 29.6. The van der Waals surface area contributed by atoms with E-state index in [9.17, 15) is 24.0 Å². The molecule has 40 heavy (non-hydrogen) atoms. The lowest BCUT2D eigenvalue weighted by molar-refractivity contribution is -0.146. The third-order valence-electron chi connectivity index (χ3n) is 5.70. The van der Waals surface area contributed by atoms with Crippen LogP contribution in [0.3, 0.4) is 0 Å². The van der Waals surface area contributed by atoms with Crippen molar-refractivity contribution in [3.05, 3.63) is 39.1 Å². The van der Waals surface area contributed by atoms with E-state index in [0.29, 0.717) is 15.3 Å². The van der Waals surface area contributed by atoms with Gasteiger partial charge in [-0.25, -0.2) is 9.78 Å². The Bertz CT molecular complexity index is 1490. The highest BCUT2D eigenvalue weighted by Gasteiger charge is 2.26. The number of aromatic nitrogens is 3. The summed E-state index contributed by atoms with van der Waals surface area (Å²) in [6, 6.07) is 2.26. The average Bonchev–Trinajstić information content (AvgIpc) is 3.27. The molecule has 2 amide bonds. The highest BCUT2D eigenvalue weighted by molar-refractivity contribution is 7.17. The largest absolute Gasteiger partial charge is 0.466 e. The summed E-state index contributed by atoms with van der Waals surface area (Å²) < 4.78 is 9.97. The molecule has 3 aromatic rings. The van der Waals surface area contributed by atoms with Gasteiger partial charge in [0.1, 0.15) is 6.04 Å². The molecular weight excluding hydrogens is 538 g/mol. The first-order chi connectivity index (χ1) is 18.8. The van der Waals surface area contributed by atoms with E-state index in [4.69, 9.17) is 9.47 Å². The van der Waals surface area contributed by atoms with Crippen molar-refractivity contribution >= 4 is 52.1 Å². The number of esters is 2. The lowest BCUT2D eigenvalue weighted by Gasteiger charge is -2.16. The smallest absolute Gasteiger partial charge is 0.328 e. The number of ether oxygens (including phenoxy) is 2. The van der Waals surface area contributed by atoms with Gasteiger partial charge >= 0.3 is 11.9 Å². The van der Waals surface area contributed by atoms with Crippen molar-refractivity contribution in [1.82, 2.24) is 20.3 Å². The minimum absolute atomic E-state index is 0.00282. The number of aryl methyl sites for hydroxylation is 1. The summed E-state index contributed by atoms with van der Waals surface area (Å²) in [7, 11) is 0. The fourth-order valence-corrected chi connectivity index (χ4v) is 4.65. The molecule has 12 nitrogen and oxygen atoms in total. The number of amides is 2. The zero-order valence-corrected chi connectivity index (χ0v) is 24.1. The van der Waals surface area contributed by atoms with Crippen molar-refractivity contribution in [2.24, 2.45) is 5.41 Å². The lowest BCUT2D eigenvalue weighted by Crippen LogP contribution is -2.42. The predicted octanol–water partition coefficient (Wildman–Crippen LogP) is 3.34. The molecule has 1 atom stereocenters. The Morgan fingerprint density at radius 3 is 2.45 bits per heavy atom. The third kappa shape index (κ3) is 7.50. The van der Waals surface area contributed by atoms with E-state index in [1.54, 1.807) is 46.8 Å². The molecule has 13 heteroatoms. The molecule has 0 saturated heterocycles. The van der Waals surface area contributed by atoms with Crippen molar-refractivity contribution in [3.8, 4) is 10.4 Å². The molecule has 0 radical (unpaired) electrons. The number of fused-ring (bicyclic) bond motifs is 1. The first-order valence-electron chi connectivity index (χ1n) is 12.8. The number of thiophene rings is 1. The van der Waals surface area contributed by atoms with Crippen LogP contribution in [0.2, 0.25) is 0 Å². The Morgan fingerprint density at radius 1 is 1.10 bits per heavy atom. The van der Waals surface area contributed by atoms with E-state index < -0.39 is 34.9 Å². The van der Waals surface area contributed by atoms with Gasteiger partial charge in [-0.1, -0.05) is 20.8 Å². The van der Waals surface area contributed by atoms with E-state index in [-0.39, 0.29) is 48.9 Å². The molecule has 3 N–H and O–H groups in total. The van der Waals surface area contributed by atoms with Gasteiger partial charge in [-0.3, -0.25) is 29.5 Å². The number of carbonyl (C=O) groups excluding carboxylic acids is 4. The number of hydrogen-bond donors (Lipinski definition) is 3. The summed E-state index contributed by atoms with van der Waals surface area (Å²) >= 11 is 1.16. The van der Waals surface area contributed by atoms with E-state index in [0.717, 1.165) is 16.9 Å². The van der Waals surface area contributed by atoms with Gasteiger partial charge in [0.05, 0.1) is 23.5 Å². The molecule has 0 unspecified atom stereocenters. The van der Waals surface area contributed by atoms with Crippen molar-refractivity contribution in [2.75, 3.05) is 18.5 Å². The average molecular weight is 572 g/mol. The highest BCUT2D eigenvalue weighted by atomic mass is 32.1. The highest BCUT2D eigenvalue weighted by Crippen LogP contribution is 2.33. The molecule has 0 aliphatic rings. The zero-order valence-electron chi connectivity index (χ0n) is 23.3. The molecule has 0 saturated carbocycles. The second-order valence-corrected chi connectivity index (χ2v) is 11.0. The van der Waals surface area contributed by atoms with Gasteiger partial charge in [-0.05, 0) is 44.9 Å². The minimum atomic E-state index is -1.03. The number of anilines is 1. The standard InChI is InChI=1S/C27H33N5O7S/c1-7-38-19(33)10-9-17(24(36)39-8-2)29-23(35)18-11-14(3)20(40-18)15-12-16-21(28-13-15)30-26(31-22(16)34)32-25(37)27(4,5)6/h11-13,17H,7-10H2,1-6H3,(H,29,35)(H2,28,30,31,32,34,37)/t17-/m0/s1. The van der Waals surface area contributed by atoms with Gasteiger partial charge in [0, 0.05) is 28.5 Å². The summed E-state index contributed by atoms with van der Waals surface area (Å²) in [5, 5.41) is 5.46. The summed E-state index contributed by atoms with van der Waals surface area (Å²) in [4.78, 5) is 74.4. The fourth-order valence-electron chi connectivity index (χ4n) is 3.60. The van der Waals surface area contributed by atoms with E-state index >= 15 is 0 Å². The molecule has 3 heterocycles. The van der Waals surface area contributed by atoms with E-state index in [2.05, 4.69) is 25.6 Å². The molecule has 0 spiro atoms. The number of nitrogens with one attached hydrogen (secondary N) is 3. The fraction of sp³-hybridized carbons (Fsp3) is 0.444. The second kappa shape index (κ2) is 12.8. The maximum atomic E-state index is 13.1. The Labute approximate surface area is 234 Å². The number of carbonyl (C=O) groups is 4. The lowest BCUT2D eigenvalue weighted by atomic mass is 9.96. The number of H-pyrrole nitrogens is 1. The molecule has 0 bridgehead atoms. The normalized spacial score (nSPS) is 12.1. The van der Waals surface area contributed by atoms with Gasteiger partial charge in [-0.15, -0.1) is 11.3 Å². The van der Waals surface area contributed by atoms with Crippen LogP contribution in [0.5, 0.6) is 0 Å². The van der Waals surface area contributed by atoms with Crippen molar-refractivity contribution in [2.45, 2.75) is 60.4 Å². The molecule has 0 aliphatic heterocycles. The van der Waals surface area contributed by atoms with Crippen molar-refractivity contribution < 1.29 is 28.7 Å². The first kappa shape index (κ1) is 30.4. The molecule has 0 fully saturated rings. The molecular formula is C27H33N5O7S. The van der Waals surface area contributed by atoms with Crippen LogP contribution in [-0.2, 0) is 23.9 Å². The number of hydrogen-bond acceptors (Lipinski definition) is 10. The van der Waals surface area contributed by atoms with E-state index in [1.807, 2.05) is 6.92 Å². The van der Waals surface area contributed by atoms with Crippen LogP contribution in [0.15, 0.2) is 23.1 Å². The van der Waals surface area contributed by atoms with Crippen LogP contribution >= 0.6 is 11.3 Å². The van der Waals surface area contributed by atoms with Gasteiger partial charge in [0.15, 0.2) is 5.65 Å². The van der Waals surface area contributed by atoms with Crippen molar-refractivity contribution in [3.63, 3.8) is 0 Å². The van der Waals surface area contributed by atoms with Crippen LogP contribution in [-0.4, -0.2) is 58.0 Å². The number of nitrogens with zero attached hydrogens (tertiary/aromatic N) is 2.